The maximum absolute atomic E-state index is 4.53. The summed E-state index contributed by atoms with van der Waals surface area (Å²) in [7, 11) is 0. The molecule has 0 bridgehead atoms. The highest BCUT2D eigenvalue weighted by Gasteiger charge is 2.18. The Balaban J connectivity index is 1.39. The molecule has 0 saturated carbocycles. The predicted molar refractivity (Wildman–Crippen MR) is 97.6 cm³/mol. The second-order valence-corrected chi connectivity index (χ2v) is 7.54. The molecule has 3 heteroatoms. The fourth-order valence-electron chi connectivity index (χ4n) is 3.72. The summed E-state index contributed by atoms with van der Waals surface area (Å²) in [6.07, 6.45) is 8.81. The van der Waals surface area contributed by atoms with Gasteiger partial charge in [-0.05, 0) is 56.8 Å². The van der Waals surface area contributed by atoms with Crippen LogP contribution in [0.3, 0.4) is 0 Å². The maximum Gasteiger partial charge on any atom is 0.0682 e. The number of piperidine rings is 1. The summed E-state index contributed by atoms with van der Waals surface area (Å²) in [5.41, 5.74) is 1.26. The van der Waals surface area contributed by atoms with E-state index in [1.165, 1.54) is 62.6 Å². The normalized spacial score (nSPS) is 17.3. The van der Waals surface area contributed by atoms with Crippen molar-refractivity contribution in [2.24, 2.45) is 11.8 Å². The van der Waals surface area contributed by atoms with E-state index in [0.717, 1.165) is 18.4 Å². The van der Waals surface area contributed by atoms with E-state index >= 15 is 0 Å². The Kier molecular flexibility index (Phi) is 5.71. The van der Waals surface area contributed by atoms with Gasteiger partial charge in [0, 0.05) is 11.9 Å². The molecule has 2 aromatic rings. The predicted octanol–water partition coefficient (Wildman–Crippen LogP) is 4.57. The molecule has 126 valence electrons. The number of rotatable bonds is 7. The number of hydrogen-bond acceptors (Lipinski definition) is 2. The minimum atomic E-state index is 0.858. The van der Waals surface area contributed by atoms with Crippen LogP contribution in [0.4, 0.5) is 0 Å². The fraction of sp³-hybridized carbons (Fsp3) is 0.650. The number of likely N-dealkylation sites (tertiary alicyclic amines) is 1. The van der Waals surface area contributed by atoms with Gasteiger partial charge >= 0.3 is 0 Å². The lowest BCUT2D eigenvalue weighted by molar-refractivity contribution is 0.171. The van der Waals surface area contributed by atoms with Crippen LogP contribution in [0.2, 0.25) is 0 Å². The number of fused-ring (bicyclic) bond motifs is 1. The lowest BCUT2D eigenvalue weighted by atomic mass is 9.89. The van der Waals surface area contributed by atoms with E-state index < -0.39 is 0 Å². The van der Waals surface area contributed by atoms with Crippen molar-refractivity contribution in [3.05, 3.63) is 30.5 Å². The van der Waals surface area contributed by atoms with Crippen LogP contribution in [0.15, 0.2) is 30.5 Å². The zero-order chi connectivity index (χ0) is 16.1. The molecule has 1 fully saturated rings. The Bertz CT molecular complexity index is 594. The van der Waals surface area contributed by atoms with Crippen molar-refractivity contribution in [2.75, 3.05) is 19.6 Å². The Labute approximate surface area is 140 Å². The van der Waals surface area contributed by atoms with Crippen molar-refractivity contribution in [1.29, 1.82) is 0 Å². The van der Waals surface area contributed by atoms with Gasteiger partial charge in [-0.2, -0.15) is 5.10 Å². The van der Waals surface area contributed by atoms with Crippen molar-refractivity contribution in [1.82, 2.24) is 14.7 Å². The molecule has 2 heterocycles. The Morgan fingerprint density at radius 2 is 1.91 bits per heavy atom. The Morgan fingerprint density at radius 3 is 2.70 bits per heavy atom. The number of aromatic nitrogens is 2. The summed E-state index contributed by atoms with van der Waals surface area (Å²) in [4.78, 5) is 2.65. The Morgan fingerprint density at radius 1 is 1.13 bits per heavy atom. The van der Waals surface area contributed by atoms with E-state index in [0.29, 0.717) is 0 Å². The van der Waals surface area contributed by atoms with Crippen LogP contribution < -0.4 is 0 Å². The van der Waals surface area contributed by atoms with Crippen molar-refractivity contribution in [3.8, 4) is 0 Å². The minimum absolute atomic E-state index is 0.858. The van der Waals surface area contributed by atoms with E-state index in [4.69, 9.17) is 0 Å². The van der Waals surface area contributed by atoms with Crippen LogP contribution in [0.1, 0.15) is 46.0 Å². The molecule has 3 rings (SSSR count). The minimum Gasteiger partial charge on any atom is -0.303 e. The first-order valence-corrected chi connectivity index (χ1v) is 9.35. The summed E-state index contributed by atoms with van der Waals surface area (Å²) in [5.74, 6) is 1.83. The molecule has 0 N–H and O–H groups in total. The van der Waals surface area contributed by atoms with E-state index in [1.807, 2.05) is 6.20 Å². The first-order chi connectivity index (χ1) is 11.2. The van der Waals surface area contributed by atoms with E-state index in [2.05, 4.69) is 52.8 Å². The highest BCUT2D eigenvalue weighted by atomic mass is 15.3. The standard InChI is InChI=1S/C20H31N3/c1-17(2)8-9-18-10-14-22(15-11-18)12-5-13-23-20-7-4-3-6-19(20)16-21-23/h3-4,6-7,16-18H,5,8-15H2,1-2H3. The molecule has 1 aliphatic heterocycles. The maximum atomic E-state index is 4.53. The van der Waals surface area contributed by atoms with Crippen LogP contribution in [-0.4, -0.2) is 34.3 Å². The molecule has 1 aliphatic rings. The first kappa shape index (κ1) is 16.5. The molecule has 23 heavy (non-hydrogen) atoms. The second-order valence-electron chi connectivity index (χ2n) is 7.54. The summed E-state index contributed by atoms with van der Waals surface area (Å²) in [5, 5.41) is 5.78. The zero-order valence-corrected chi connectivity index (χ0v) is 14.7. The van der Waals surface area contributed by atoms with Gasteiger partial charge < -0.3 is 4.90 Å². The third kappa shape index (κ3) is 4.57. The van der Waals surface area contributed by atoms with E-state index in [9.17, 15) is 0 Å². The van der Waals surface area contributed by atoms with Gasteiger partial charge in [-0.3, -0.25) is 4.68 Å². The summed E-state index contributed by atoms with van der Waals surface area (Å²) >= 11 is 0. The number of benzene rings is 1. The number of nitrogens with zero attached hydrogens (tertiary/aromatic N) is 3. The lowest BCUT2D eigenvalue weighted by Crippen LogP contribution is -2.34. The van der Waals surface area contributed by atoms with Gasteiger partial charge in [0.15, 0.2) is 0 Å². The average molecular weight is 313 g/mol. The molecule has 0 unspecified atom stereocenters. The van der Waals surface area contributed by atoms with Gasteiger partial charge in [0.25, 0.3) is 0 Å². The average Bonchev–Trinajstić information content (AvgIpc) is 2.97. The van der Waals surface area contributed by atoms with Crippen molar-refractivity contribution in [3.63, 3.8) is 0 Å². The number of hydrogen-bond donors (Lipinski definition) is 0. The molecule has 3 nitrogen and oxygen atoms in total. The monoisotopic (exact) mass is 313 g/mol. The molecule has 1 aromatic heterocycles. The van der Waals surface area contributed by atoms with Gasteiger partial charge in [-0.1, -0.05) is 44.9 Å². The molecule has 0 spiro atoms. The van der Waals surface area contributed by atoms with Crippen molar-refractivity contribution >= 4 is 10.9 Å². The highest BCUT2D eigenvalue weighted by molar-refractivity contribution is 5.78. The molecule has 0 amide bonds. The van der Waals surface area contributed by atoms with Gasteiger partial charge in [0.2, 0.25) is 0 Å². The second kappa shape index (κ2) is 7.96. The molecule has 1 saturated heterocycles. The van der Waals surface area contributed by atoms with Crippen LogP contribution in [0.25, 0.3) is 10.9 Å². The lowest BCUT2D eigenvalue weighted by Gasteiger charge is -2.32. The van der Waals surface area contributed by atoms with E-state index in [1.54, 1.807) is 0 Å². The van der Waals surface area contributed by atoms with Crippen LogP contribution >= 0.6 is 0 Å². The SMILES string of the molecule is CC(C)CCC1CCN(CCCn2ncc3ccccc32)CC1. The summed E-state index contributed by atoms with van der Waals surface area (Å²) in [6, 6.07) is 8.49. The van der Waals surface area contributed by atoms with Gasteiger partial charge in [-0.15, -0.1) is 0 Å². The molecule has 0 atom stereocenters. The van der Waals surface area contributed by atoms with Crippen molar-refractivity contribution < 1.29 is 0 Å². The molecular formula is C20H31N3. The first-order valence-electron chi connectivity index (χ1n) is 9.35. The van der Waals surface area contributed by atoms with Crippen LogP contribution in [-0.2, 0) is 6.54 Å². The molecular weight excluding hydrogens is 282 g/mol. The van der Waals surface area contributed by atoms with E-state index in [-0.39, 0.29) is 0 Å². The quantitative estimate of drug-likeness (QED) is 0.746. The van der Waals surface area contributed by atoms with Gasteiger partial charge in [-0.25, -0.2) is 0 Å². The zero-order valence-electron chi connectivity index (χ0n) is 14.7. The van der Waals surface area contributed by atoms with Crippen molar-refractivity contribution in [2.45, 2.75) is 52.5 Å². The van der Waals surface area contributed by atoms with Gasteiger partial charge in [0.05, 0.1) is 11.7 Å². The van der Waals surface area contributed by atoms with Crippen LogP contribution in [0, 0.1) is 11.8 Å². The third-order valence-electron chi connectivity index (χ3n) is 5.25. The fourth-order valence-corrected chi connectivity index (χ4v) is 3.72. The Hall–Kier alpha value is -1.35. The number of aryl methyl sites for hydroxylation is 1. The summed E-state index contributed by atoms with van der Waals surface area (Å²) in [6.45, 7) is 9.51. The van der Waals surface area contributed by atoms with Crippen LogP contribution in [0.5, 0.6) is 0 Å². The largest absolute Gasteiger partial charge is 0.303 e. The molecule has 1 aromatic carbocycles. The molecule has 0 aliphatic carbocycles. The third-order valence-corrected chi connectivity index (χ3v) is 5.25. The number of para-hydroxylation sites is 1. The highest BCUT2D eigenvalue weighted by Crippen LogP contribution is 2.24. The smallest absolute Gasteiger partial charge is 0.0682 e. The molecule has 0 radical (unpaired) electrons. The van der Waals surface area contributed by atoms with Gasteiger partial charge in [0.1, 0.15) is 0 Å². The topological polar surface area (TPSA) is 21.1 Å². The summed E-state index contributed by atoms with van der Waals surface area (Å²) < 4.78 is 2.16.